The van der Waals surface area contributed by atoms with Crippen molar-refractivity contribution in [3.8, 4) is 0 Å². The summed E-state index contributed by atoms with van der Waals surface area (Å²) in [5.74, 6) is 0.419. The number of sulfone groups is 1. The topological polar surface area (TPSA) is 46.2 Å². The van der Waals surface area contributed by atoms with Gasteiger partial charge in [0.05, 0.1) is 0 Å². The van der Waals surface area contributed by atoms with Gasteiger partial charge in [-0.3, -0.25) is 0 Å². The van der Waals surface area contributed by atoms with Gasteiger partial charge in [0.1, 0.15) is 4.21 Å². The highest BCUT2D eigenvalue weighted by Crippen LogP contribution is 2.33. The summed E-state index contributed by atoms with van der Waals surface area (Å²) in [5.41, 5.74) is 1.03. The van der Waals surface area contributed by atoms with E-state index in [-0.39, 0.29) is 0 Å². The first-order chi connectivity index (χ1) is 7.09. The fourth-order valence-electron chi connectivity index (χ4n) is 2.04. The van der Waals surface area contributed by atoms with Crippen LogP contribution < -0.4 is 5.32 Å². The van der Waals surface area contributed by atoms with Gasteiger partial charge in [-0.2, -0.15) is 0 Å². The Balaban J connectivity index is 2.32. The summed E-state index contributed by atoms with van der Waals surface area (Å²) in [4.78, 5) is 0. The van der Waals surface area contributed by atoms with Crippen LogP contribution in [0, 0.1) is 0 Å². The van der Waals surface area contributed by atoms with Gasteiger partial charge < -0.3 is 5.32 Å². The molecule has 0 aliphatic carbocycles. The number of piperidine rings is 1. The quantitative estimate of drug-likeness (QED) is 0.861. The van der Waals surface area contributed by atoms with E-state index in [1.54, 1.807) is 0 Å². The van der Waals surface area contributed by atoms with Crippen LogP contribution in [0.5, 0.6) is 0 Å². The largest absolute Gasteiger partial charge is 0.317 e. The molecule has 0 amide bonds. The van der Waals surface area contributed by atoms with E-state index in [4.69, 9.17) is 0 Å². The van der Waals surface area contributed by atoms with Crippen molar-refractivity contribution in [1.29, 1.82) is 0 Å². The maximum absolute atomic E-state index is 11.6. The Labute approximate surface area is 94.4 Å². The van der Waals surface area contributed by atoms with E-state index in [0.717, 1.165) is 31.5 Å². The van der Waals surface area contributed by atoms with Crippen LogP contribution >= 0.6 is 11.3 Å². The molecule has 2 rings (SSSR count). The predicted molar refractivity (Wildman–Crippen MR) is 62.3 cm³/mol. The number of thiophene rings is 1. The Kier molecular flexibility index (Phi) is 3.13. The van der Waals surface area contributed by atoms with Gasteiger partial charge in [0.15, 0.2) is 9.84 Å². The zero-order chi connectivity index (χ0) is 10.9. The van der Waals surface area contributed by atoms with Crippen LogP contribution in [0.4, 0.5) is 0 Å². The Hall–Kier alpha value is -0.390. The molecule has 0 aromatic carbocycles. The molecule has 0 unspecified atom stereocenters. The van der Waals surface area contributed by atoms with Crippen LogP contribution in [0.3, 0.4) is 0 Å². The molecule has 3 nitrogen and oxygen atoms in total. The molecular formula is C10H15NO2S2. The van der Waals surface area contributed by atoms with Crippen molar-refractivity contribution < 1.29 is 8.42 Å². The smallest absolute Gasteiger partial charge is 0.185 e. The van der Waals surface area contributed by atoms with Crippen LogP contribution in [0.2, 0.25) is 0 Å². The van der Waals surface area contributed by atoms with Gasteiger partial charge in [0.2, 0.25) is 0 Å². The average Bonchev–Trinajstić information content (AvgIpc) is 2.67. The first kappa shape index (κ1) is 11.1. The maximum Gasteiger partial charge on any atom is 0.185 e. The molecule has 1 N–H and O–H groups in total. The van der Waals surface area contributed by atoms with E-state index in [1.807, 2.05) is 11.4 Å². The van der Waals surface area contributed by atoms with E-state index in [9.17, 15) is 8.42 Å². The number of hydrogen-bond acceptors (Lipinski definition) is 4. The molecule has 0 bridgehead atoms. The Morgan fingerprint density at radius 2 is 2.07 bits per heavy atom. The highest BCUT2D eigenvalue weighted by Gasteiger charge is 2.23. The van der Waals surface area contributed by atoms with E-state index < -0.39 is 9.84 Å². The van der Waals surface area contributed by atoms with Gasteiger partial charge in [-0.15, -0.1) is 11.3 Å². The fraction of sp³-hybridized carbons (Fsp3) is 0.600. The molecule has 15 heavy (non-hydrogen) atoms. The zero-order valence-corrected chi connectivity index (χ0v) is 10.3. The van der Waals surface area contributed by atoms with Crippen molar-refractivity contribution in [1.82, 2.24) is 5.32 Å². The number of hydrogen-bond donors (Lipinski definition) is 1. The third-order valence-electron chi connectivity index (χ3n) is 2.77. The second-order valence-electron chi connectivity index (χ2n) is 3.96. The Bertz CT molecular complexity index is 430. The molecule has 1 fully saturated rings. The first-order valence-electron chi connectivity index (χ1n) is 5.07. The standard InChI is InChI=1S/C10H15NO2S2/c1-15(12,13)10-9(4-7-14-10)8-2-5-11-6-3-8/h4,7-8,11H,2-3,5-6H2,1H3. The molecule has 1 saturated heterocycles. The van der Waals surface area contributed by atoms with Gasteiger partial charge in [-0.1, -0.05) is 0 Å². The second-order valence-corrected chi connectivity index (χ2v) is 7.09. The summed E-state index contributed by atoms with van der Waals surface area (Å²) >= 11 is 1.34. The number of nitrogens with one attached hydrogen (secondary N) is 1. The maximum atomic E-state index is 11.6. The Morgan fingerprint density at radius 1 is 1.40 bits per heavy atom. The summed E-state index contributed by atoms with van der Waals surface area (Å²) in [5, 5.41) is 5.17. The summed E-state index contributed by atoms with van der Waals surface area (Å²) in [6, 6.07) is 1.97. The summed E-state index contributed by atoms with van der Waals surface area (Å²) < 4.78 is 23.7. The fourth-order valence-corrected chi connectivity index (χ4v) is 4.28. The summed E-state index contributed by atoms with van der Waals surface area (Å²) in [6.45, 7) is 1.98. The monoisotopic (exact) mass is 245 g/mol. The van der Waals surface area contributed by atoms with Crippen LogP contribution in [0.1, 0.15) is 24.3 Å². The summed E-state index contributed by atoms with van der Waals surface area (Å²) in [6.07, 6.45) is 3.38. The highest BCUT2D eigenvalue weighted by molar-refractivity contribution is 7.92. The van der Waals surface area contributed by atoms with Gasteiger partial charge in [-0.05, 0) is 48.9 Å². The Morgan fingerprint density at radius 3 is 2.67 bits per heavy atom. The lowest BCUT2D eigenvalue weighted by molar-refractivity contribution is 0.457. The normalized spacial score (nSPS) is 19.3. The minimum absolute atomic E-state index is 0.419. The molecule has 2 heterocycles. The van der Waals surface area contributed by atoms with Crippen molar-refractivity contribution in [3.05, 3.63) is 17.0 Å². The van der Waals surface area contributed by atoms with Crippen LogP contribution in [0.25, 0.3) is 0 Å². The van der Waals surface area contributed by atoms with Crippen LogP contribution in [0.15, 0.2) is 15.7 Å². The van der Waals surface area contributed by atoms with Crippen molar-refractivity contribution in [3.63, 3.8) is 0 Å². The molecule has 5 heteroatoms. The molecule has 1 aromatic heterocycles. The van der Waals surface area contributed by atoms with E-state index in [0.29, 0.717) is 10.1 Å². The molecule has 0 radical (unpaired) electrons. The van der Waals surface area contributed by atoms with E-state index in [2.05, 4.69) is 5.32 Å². The van der Waals surface area contributed by atoms with E-state index in [1.165, 1.54) is 17.6 Å². The van der Waals surface area contributed by atoms with Gasteiger partial charge >= 0.3 is 0 Å². The molecule has 1 aromatic rings. The van der Waals surface area contributed by atoms with Crippen molar-refractivity contribution in [2.24, 2.45) is 0 Å². The lowest BCUT2D eigenvalue weighted by atomic mass is 9.92. The molecule has 1 aliphatic rings. The molecule has 0 saturated carbocycles. The van der Waals surface area contributed by atoms with E-state index >= 15 is 0 Å². The highest BCUT2D eigenvalue weighted by atomic mass is 32.2. The molecule has 84 valence electrons. The third kappa shape index (κ3) is 2.41. The molecule has 0 atom stereocenters. The zero-order valence-electron chi connectivity index (χ0n) is 8.69. The molecule has 0 spiro atoms. The number of rotatable bonds is 2. The average molecular weight is 245 g/mol. The van der Waals surface area contributed by atoms with Gasteiger partial charge in [0, 0.05) is 6.26 Å². The SMILES string of the molecule is CS(=O)(=O)c1sccc1C1CCNCC1. The second kappa shape index (κ2) is 4.23. The minimum Gasteiger partial charge on any atom is -0.317 e. The van der Waals surface area contributed by atoms with Crippen molar-refractivity contribution >= 4 is 21.2 Å². The molecule has 1 aliphatic heterocycles. The van der Waals surface area contributed by atoms with Gasteiger partial charge in [-0.25, -0.2) is 8.42 Å². The van der Waals surface area contributed by atoms with Crippen molar-refractivity contribution in [2.45, 2.75) is 23.0 Å². The lowest BCUT2D eigenvalue weighted by Crippen LogP contribution is -2.26. The van der Waals surface area contributed by atoms with Crippen LogP contribution in [-0.2, 0) is 9.84 Å². The summed E-state index contributed by atoms with van der Waals surface area (Å²) in [7, 11) is -3.04. The van der Waals surface area contributed by atoms with Crippen LogP contribution in [-0.4, -0.2) is 27.8 Å². The predicted octanol–water partition coefficient (Wildman–Crippen LogP) is 1.62. The lowest BCUT2D eigenvalue weighted by Gasteiger charge is -2.22. The minimum atomic E-state index is -3.04. The third-order valence-corrected chi connectivity index (χ3v) is 5.60. The van der Waals surface area contributed by atoms with Crippen molar-refractivity contribution in [2.75, 3.05) is 19.3 Å². The van der Waals surface area contributed by atoms with Gasteiger partial charge in [0.25, 0.3) is 0 Å². The first-order valence-corrected chi connectivity index (χ1v) is 7.84. The molecular weight excluding hydrogens is 230 g/mol.